The Kier molecular flexibility index (Phi) is 2.17. The third-order valence-electron chi connectivity index (χ3n) is 1.81. The summed E-state index contributed by atoms with van der Waals surface area (Å²) in [4.78, 5) is 34.7. The molecule has 76 valence electrons. The molecule has 0 unspecified atom stereocenters. The normalized spacial score (nSPS) is 10.2. The van der Waals surface area contributed by atoms with Crippen LogP contribution in [0.25, 0.3) is 11.4 Å². The minimum absolute atomic E-state index is 0.384. The maximum atomic E-state index is 11.1. The van der Waals surface area contributed by atoms with Crippen molar-refractivity contribution >= 4 is 0 Å². The van der Waals surface area contributed by atoms with Crippen molar-refractivity contribution in [1.29, 1.82) is 0 Å². The summed E-state index contributed by atoms with van der Waals surface area (Å²) < 4.78 is 0. The van der Waals surface area contributed by atoms with Crippen molar-refractivity contribution in [3.63, 3.8) is 0 Å². The van der Waals surface area contributed by atoms with E-state index in [4.69, 9.17) is 0 Å². The van der Waals surface area contributed by atoms with Gasteiger partial charge in [0.05, 0.1) is 11.4 Å². The molecule has 0 aliphatic rings. The van der Waals surface area contributed by atoms with Crippen LogP contribution in [0.3, 0.4) is 0 Å². The molecule has 0 saturated carbocycles. The largest absolute Gasteiger partial charge is 0.326 e. The van der Waals surface area contributed by atoms with E-state index in [1.54, 1.807) is 19.2 Å². The second kappa shape index (κ2) is 3.49. The predicted molar refractivity (Wildman–Crippen MR) is 53.4 cm³/mol. The highest BCUT2D eigenvalue weighted by Crippen LogP contribution is 2.08. The van der Waals surface area contributed by atoms with Crippen LogP contribution in [0.1, 0.15) is 5.82 Å². The van der Waals surface area contributed by atoms with Crippen LogP contribution in [-0.4, -0.2) is 19.9 Å². The van der Waals surface area contributed by atoms with Gasteiger partial charge in [-0.25, -0.2) is 14.8 Å². The lowest BCUT2D eigenvalue weighted by atomic mass is 10.3. The Bertz CT molecular complexity index is 571. The third kappa shape index (κ3) is 1.98. The minimum Gasteiger partial charge on any atom is -0.305 e. The van der Waals surface area contributed by atoms with E-state index >= 15 is 0 Å². The number of aryl methyl sites for hydroxylation is 1. The highest BCUT2D eigenvalue weighted by atomic mass is 16.2. The van der Waals surface area contributed by atoms with Gasteiger partial charge in [-0.15, -0.1) is 0 Å². The quantitative estimate of drug-likeness (QED) is 0.674. The van der Waals surface area contributed by atoms with E-state index in [0.29, 0.717) is 17.2 Å². The lowest BCUT2D eigenvalue weighted by Gasteiger charge is -1.99. The van der Waals surface area contributed by atoms with E-state index in [1.807, 2.05) is 0 Å². The second-order valence-electron chi connectivity index (χ2n) is 2.99. The number of hydrogen-bond acceptors (Lipinski definition) is 4. The Hall–Kier alpha value is -2.24. The summed E-state index contributed by atoms with van der Waals surface area (Å²) in [6.07, 6.45) is 1.57. The van der Waals surface area contributed by atoms with Crippen LogP contribution in [0.2, 0.25) is 0 Å². The van der Waals surface area contributed by atoms with Gasteiger partial charge in [-0.2, -0.15) is 0 Å². The molecule has 0 aliphatic carbocycles. The summed E-state index contributed by atoms with van der Waals surface area (Å²) in [7, 11) is 0. The molecule has 2 aromatic heterocycles. The van der Waals surface area contributed by atoms with Crippen LogP contribution < -0.4 is 11.2 Å². The molecule has 0 spiro atoms. The van der Waals surface area contributed by atoms with Crippen LogP contribution in [0.4, 0.5) is 0 Å². The first-order valence-electron chi connectivity index (χ1n) is 4.29. The smallest absolute Gasteiger partial charge is 0.305 e. The minimum atomic E-state index is -0.547. The van der Waals surface area contributed by atoms with Gasteiger partial charge in [-0.1, -0.05) is 0 Å². The van der Waals surface area contributed by atoms with Crippen LogP contribution in [0.5, 0.6) is 0 Å². The summed E-state index contributed by atoms with van der Waals surface area (Å²) in [6, 6.07) is 2.90. The van der Waals surface area contributed by atoms with Crippen molar-refractivity contribution < 1.29 is 0 Å². The van der Waals surface area contributed by atoms with Crippen LogP contribution in [-0.2, 0) is 0 Å². The van der Waals surface area contributed by atoms with E-state index in [0.717, 1.165) is 0 Å². The second-order valence-corrected chi connectivity index (χ2v) is 2.99. The Morgan fingerprint density at radius 1 is 1.27 bits per heavy atom. The number of rotatable bonds is 1. The van der Waals surface area contributed by atoms with Crippen LogP contribution in [0.15, 0.2) is 27.9 Å². The molecule has 2 rings (SSSR count). The van der Waals surface area contributed by atoms with Gasteiger partial charge >= 0.3 is 5.69 Å². The number of aromatic amines is 2. The van der Waals surface area contributed by atoms with Gasteiger partial charge in [0.15, 0.2) is 0 Å². The summed E-state index contributed by atoms with van der Waals surface area (Å²) in [5.74, 6) is 0.577. The molecule has 0 radical (unpaired) electrons. The van der Waals surface area contributed by atoms with Crippen LogP contribution in [0, 0.1) is 6.92 Å². The number of H-pyrrole nitrogens is 2. The van der Waals surface area contributed by atoms with Gasteiger partial charge in [0.2, 0.25) is 0 Å². The highest BCUT2D eigenvalue weighted by Gasteiger charge is 2.02. The van der Waals surface area contributed by atoms with Crippen molar-refractivity contribution in [2.24, 2.45) is 0 Å². The Labute approximate surface area is 84.1 Å². The molecule has 2 N–H and O–H groups in total. The number of aromatic nitrogens is 4. The molecular weight excluding hydrogens is 196 g/mol. The fourth-order valence-electron chi connectivity index (χ4n) is 1.21. The van der Waals surface area contributed by atoms with Gasteiger partial charge in [0, 0.05) is 12.3 Å². The molecule has 6 nitrogen and oxygen atoms in total. The molecule has 15 heavy (non-hydrogen) atoms. The van der Waals surface area contributed by atoms with Gasteiger partial charge in [-0.3, -0.25) is 9.78 Å². The summed E-state index contributed by atoms with van der Waals surface area (Å²) >= 11 is 0. The lowest BCUT2D eigenvalue weighted by molar-refractivity contribution is 1.01. The average Bonchev–Trinajstić information content (AvgIpc) is 2.16. The molecule has 2 aromatic rings. The number of hydrogen-bond donors (Lipinski definition) is 2. The highest BCUT2D eigenvalue weighted by molar-refractivity contribution is 5.52. The SMILES string of the molecule is Cc1nccc(-c2cc(=O)[nH]c(=O)[nH]2)n1. The van der Waals surface area contributed by atoms with Crippen LogP contribution >= 0.6 is 0 Å². The fraction of sp³-hybridized carbons (Fsp3) is 0.111. The molecule has 6 heteroatoms. The third-order valence-corrected chi connectivity index (χ3v) is 1.81. The Morgan fingerprint density at radius 3 is 2.73 bits per heavy atom. The van der Waals surface area contributed by atoms with Crippen molar-refractivity contribution in [3.8, 4) is 11.4 Å². The van der Waals surface area contributed by atoms with Crippen molar-refractivity contribution in [1.82, 2.24) is 19.9 Å². The fourth-order valence-corrected chi connectivity index (χ4v) is 1.21. The van der Waals surface area contributed by atoms with Gasteiger partial charge in [0.25, 0.3) is 5.56 Å². The van der Waals surface area contributed by atoms with Crippen molar-refractivity contribution in [2.75, 3.05) is 0 Å². The zero-order valence-corrected chi connectivity index (χ0v) is 7.94. The van der Waals surface area contributed by atoms with E-state index in [1.165, 1.54) is 6.07 Å². The monoisotopic (exact) mass is 204 g/mol. The summed E-state index contributed by atoms with van der Waals surface area (Å²) in [5, 5.41) is 0. The first-order chi connectivity index (χ1) is 7.15. The van der Waals surface area contributed by atoms with E-state index < -0.39 is 11.2 Å². The molecule has 0 aliphatic heterocycles. The number of nitrogens with zero attached hydrogens (tertiary/aromatic N) is 2. The first-order valence-corrected chi connectivity index (χ1v) is 4.29. The molecule has 0 atom stereocenters. The molecular formula is C9H8N4O2. The standard InChI is InChI=1S/C9H8N4O2/c1-5-10-3-2-6(11-5)7-4-8(14)13-9(15)12-7/h2-4H,1H3,(H2,12,13,14,15). The topological polar surface area (TPSA) is 91.5 Å². The Balaban J connectivity index is 2.64. The van der Waals surface area contributed by atoms with E-state index in [9.17, 15) is 9.59 Å². The average molecular weight is 204 g/mol. The lowest BCUT2D eigenvalue weighted by Crippen LogP contribution is -2.21. The van der Waals surface area contributed by atoms with Gasteiger partial charge < -0.3 is 4.98 Å². The van der Waals surface area contributed by atoms with Gasteiger partial charge in [0.1, 0.15) is 5.82 Å². The zero-order chi connectivity index (χ0) is 10.8. The van der Waals surface area contributed by atoms with E-state index in [-0.39, 0.29) is 0 Å². The molecule has 0 fully saturated rings. The predicted octanol–water partition coefficient (Wildman–Crippen LogP) is -0.171. The number of nitrogens with one attached hydrogen (secondary N) is 2. The van der Waals surface area contributed by atoms with E-state index in [2.05, 4.69) is 19.9 Å². The Morgan fingerprint density at radius 2 is 2.07 bits per heavy atom. The molecule has 2 heterocycles. The van der Waals surface area contributed by atoms with Crippen molar-refractivity contribution in [2.45, 2.75) is 6.92 Å². The zero-order valence-electron chi connectivity index (χ0n) is 7.94. The van der Waals surface area contributed by atoms with Crippen molar-refractivity contribution in [3.05, 3.63) is 45.0 Å². The summed E-state index contributed by atoms with van der Waals surface area (Å²) in [6.45, 7) is 1.73. The first kappa shape index (κ1) is 9.32. The molecule has 0 amide bonds. The molecule has 0 bridgehead atoms. The molecule has 0 saturated heterocycles. The summed E-state index contributed by atoms with van der Waals surface area (Å²) in [5.41, 5.74) is -0.0984. The maximum absolute atomic E-state index is 11.1. The molecule has 0 aromatic carbocycles. The maximum Gasteiger partial charge on any atom is 0.326 e. The van der Waals surface area contributed by atoms with Gasteiger partial charge in [-0.05, 0) is 13.0 Å².